The van der Waals surface area contributed by atoms with Gasteiger partial charge in [0, 0.05) is 12.0 Å². The van der Waals surface area contributed by atoms with Crippen LogP contribution in [0.1, 0.15) is 11.1 Å². The molecule has 4 nitrogen and oxygen atoms in total. The van der Waals surface area contributed by atoms with Crippen molar-refractivity contribution >= 4 is 10.1 Å². The van der Waals surface area contributed by atoms with Gasteiger partial charge in [0.15, 0.2) is 0 Å². The van der Waals surface area contributed by atoms with Crippen LogP contribution in [0.4, 0.5) is 0 Å². The Hall–Kier alpha value is -1.85. The highest BCUT2D eigenvalue weighted by atomic mass is 32.2. The van der Waals surface area contributed by atoms with Crippen molar-refractivity contribution in [3.63, 3.8) is 0 Å². The molecule has 3 rings (SSSR count). The molecule has 0 saturated heterocycles. The number of hydrogen-bond donors (Lipinski definition) is 0. The van der Waals surface area contributed by atoms with E-state index in [9.17, 15) is 8.42 Å². The Bertz CT molecular complexity index is 695. The van der Waals surface area contributed by atoms with Crippen molar-refractivity contribution in [3.05, 3.63) is 59.7 Å². The lowest BCUT2D eigenvalue weighted by Gasteiger charge is -2.12. The molecule has 104 valence electrons. The zero-order valence-electron chi connectivity index (χ0n) is 10.9. The van der Waals surface area contributed by atoms with Gasteiger partial charge in [-0.2, -0.15) is 8.42 Å². The number of benzene rings is 2. The first-order chi connectivity index (χ1) is 9.54. The second kappa shape index (κ2) is 4.92. The molecular weight excluding hydrogens is 276 g/mol. The summed E-state index contributed by atoms with van der Waals surface area (Å²) in [5, 5.41) is 0. The molecule has 0 N–H and O–H groups in total. The number of fused-ring (bicyclic) bond motifs is 1. The SMILES string of the molecule is Cc1ccc(S(=O)(=O)OC2Cc3ccccc3O2)cc1. The molecule has 0 amide bonds. The molecule has 0 aliphatic carbocycles. The van der Waals surface area contributed by atoms with Gasteiger partial charge in [-0.05, 0) is 25.1 Å². The molecule has 0 bridgehead atoms. The van der Waals surface area contributed by atoms with Crippen molar-refractivity contribution in [3.8, 4) is 5.75 Å². The summed E-state index contributed by atoms with van der Waals surface area (Å²) in [6, 6.07) is 14.0. The molecule has 20 heavy (non-hydrogen) atoms. The van der Waals surface area contributed by atoms with E-state index in [4.69, 9.17) is 8.92 Å². The number of ether oxygens (including phenoxy) is 1. The van der Waals surface area contributed by atoms with E-state index in [0.29, 0.717) is 12.2 Å². The minimum atomic E-state index is -3.80. The Labute approximate surface area is 118 Å². The summed E-state index contributed by atoms with van der Waals surface area (Å²) in [4.78, 5) is 0.141. The van der Waals surface area contributed by atoms with Crippen LogP contribution in [-0.2, 0) is 20.7 Å². The summed E-state index contributed by atoms with van der Waals surface area (Å²) in [6.45, 7) is 1.90. The van der Waals surface area contributed by atoms with Crippen LogP contribution in [0, 0.1) is 6.92 Å². The summed E-state index contributed by atoms with van der Waals surface area (Å²) < 4.78 is 34.9. The summed E-state index contributed by atoms with van der Waals surface area (Å²) in [5.41, 5.74) is 1.95. The maximum absolute atomic E-state index is 12.1. The van der Waals surface area contributed by atoms with Crippen LogP contribution in [-0.4, -0.2) is 14.7 Å². The minimum Gasteiger partial charge on any atom is -0.463 e. The summed E-state index contributed by atoms with van der Waals surface area (Å²) >= 11 is 0. The molecule has 5 heteroatoms. The van der Waals surface area contributed by atoms with Gasteiger partial charge in [-0.3, -0.25) is 0 Å². The Morgan fingerprint density at radius 2 is 1.80 bits per heavy atom. The Balaban J connectivity index is 1.77. The van der Waals surface area contributed by atoms with Crippen LogP contribution in [0.2, 0.25) is 0 Å². The molecule has 0 fully saturated rings. The lowest BCUT2D eigenvalue weighted by atomic mass is 10.2. The zero-order chi connectivity index (χ0) is 14.2. The van der Waals surface area contributed by atoms with Gasteiger partial charge in [-0.15, -0.1) is 0 Å². The summed E-state index contributed by atoms with van der Waals surface area (Å²) in [7, 11) is -3.80. The molecule has 1 unspecified atom stereocenters. The number of hydrogen-bond acceptors (Lipinski definition) is 4. The Morgan fingerprint density at radius 1 is 1.10 bits per heavy atom. The van der Waals surface area contributed by atoms with Crippen LogP contribution in [0.3, 0.4) is 0 Å². The smallest absolute Gasteiger partial charge is 0.300 e. The number of aryl methyl sites for hydroxylation is 1. The van der Waals surface area contributed by atoms with Gasteiger partial charge in [0.05, 0.1) is 4.90 Å². The molecule has 0 radical (unpaired) electrons. The highest BCUT2D eigenvalue weighted by Gasteiger charge is 2.29. The molecule has 2 aromatic rings. The van der Waals surface area contributed by atoms with Crippen LogP contribution >= 0.6 is 0 Å². The Morgan fingerprint density at radius 3 is 2.50 bits per heavy atom. The maximum atomic E-state index is 12.1. The number of rotatable bonds is 3. The normalized spacial score (nSPS) is 17.6. The first-order valence-electron chi connectivity index (χ1n) is 6.29. The van der Waals surface area contributed by atoms with Crippen LogP contribution in [0.25, 0.3) is 0 Å². The van der Waals surface area contributed by atoms with E-state index in [0.717, 1.165) is 11.1 Å². The molecule has 1 aliphatic rings. The van der Waals surface area contributed by atoms with Crippen molar-refractivity contribution in [2.75, 3.05) is 0 Å². The van der Waals surface area contributed by atoms with Crippen LogP contribution in [0.5, 0.6) is 5.75 Å². The van der Waals surface area contributed by atoms with E-state index < -0.39 is 16.4 Å². The third-order valence-electron chi connectivity index (χ3n) is 3.16. The van der Waals surface area contributed by atoms with Crippen molar-refractivity contribution < 1.29 is 17.3 Å². The third kappa shape index (κ3) is 2.55. The van der Waals surface area contributed by atoms with E-state index >= 15 is 0 Å². The standard InChI is InChI=1S/C15H14O4S/c1-11-6-8-13(9-7-11)20(16,17)19-15-10-12-4-2-3-5-14(12)18-15/h2-9,15H,10H2,1H3. The van der Waals surface area contributed by atoms with E-state index in [1.54, 1.807) is 18.2 Å². The zero-order valence-corrected chi connectivity index (χ0v) is 11.8. The minimum absolute atomic E-state index is 0.141. The fourth-order valence-corrected chi connectivity index (χ4v) is 3.08. The first kappa shape index (κ1) is 13.1. The average Bonchev–Trinajstić information content (AvgIpc) is 2.80. The third-order valence-corrected chi connectivity index (χ3v) is 4.48. The quantitative estimate of drug-likeness (QED) is 0.816. The molecule has 1 heterocycles. The predicted molar refractivity (Wildman–Crippen MR) is 74.0 cm³/mol. The fourth-order valence-electron chi connectivity index (χ4n) is 2.11. The second-order valence-electron chi connectivity index (χ2n) is 4.72. The van der Waals surface area contributed by atoms with Crippen LogP contribution in [0.15, 0.2) is 53.4 Å². The van der Waals surface area contributed by atoms with Gasteiger partial charge in [-0.25, -0.2) is 4.18 Å². The van der Waals surface area contributed by atoms with Gasteiger partial charge in [0.1, 0.15) is 5.75 Å². The average molecular weight is 290 g/mol. The fraction of sp³-hybridized carbons (Fsp3) is 0.200. The Kier molecular flexibility index (Phi) is 3.23. The predicted octanol–water partition coefficient (Wildman–Crippen LogP) is 2.66. The highest BCUT2D eigenvalue weighted by Crippen LogP contribution is 2.30. The molecular formula is C15H14O4S. The van der Waals surface area contributed by atoms with Crippen molar-refractivity contribution in [1.29, 1.82) is 0 Å². The molecule has 2 aromatic carbocycles. The van der Waals surface area contributed by atoms with E-state index in [-0.39, 0.29) is 4.90 Å². The van der Waals surface area contributed by atoms with Gasteiger partial charge in [0.25, 0.3) is 10.1 Å². The van der Waals surface area contributed by atoms with E-state index in [1.807, 2.05) is 25.1 Å². The second-order valence-corrected chi connectivity index (χ2v) is 6.29. The molecule has 0 saturated carbocycles. The van der Waals surface area contributed by atoms with Gasteiger partial charge in [-0.1, -0.05) is 35.9 Å². The van der Waals surface area contributed by atoms with Crippen molar-refractivity contribution in [2.24, 2.45) is 0 Å². The number of para-hydroxylation sites is 1. The van der Waals surface area contributed by atoms with Crippen molar-refractivity contribution in [1.82, 2.24) is 0 Å². The highest BCUT2D eigenvalue weighted by molar-refractivity contribution is 7.86. The van der Waals surface area contributed by atoms with Crippen molar-refractivity contribution in [2.45, 2.75) is 24.5 Å². The first-order valence-corrected chi connectivity index (χ1v) is 7.70. The summed E-state index contributed by atoms with van der Waals surface area (Å²) in [6.07, 6.45) is -0.361. The van der Waals surface area contributed by atoms with E-state index in [2.05, 4.69) is 0 Å². The monoisotopic (exact) mass is 290 g/mol. The lowest BCUT2D eigenvalue weighted by Crippen LogP contribution is -2.22. The lowest BCUT2D eigenvalue weighted by molar-refractivity contribution is 0.0313. The van der Waals surface area contributed by atoms with Gasteiger partial charge >= 0.3 is 0 Å². The molecule has 0 spiro atoms. The maximum Gasteiger partial charge on any atom is 0.300 e. The molecule has 0 aromatic heterocycles. The van der Waals surface area contributed by atoms with E-state index in [1.165, 1.54) is 12.1 Å². The molecule has 1 aliphatic heterocycles. The summed E-state index contributed by atoms with van der Waals surface area (Å²) in [5.74, 6) is 0.677. The van der Waals surface area contributed by atoms with Gasteiger partial charge < -0.3 is 4.74 Å². The molecule has 1 atom stereocenters. The van der Waals surface area contributed by atoms with Gasteiger partial charge in [0.2, 0.25) is 6.29 Å². The topological polar surface area (TPSA) is 52.6 Å². The van der Waals surface area contributed by atoms with Crippen LogP contribution < -0.4 is 4.74 Å². The largest absolute Gasteiger partial charge is 0.463 e.